The largest absolute Gasteiger partial charge is 0.435 e. The van der Waals surface area contributed by atoms with Gasteiger partial charge in [0.15, 0.2) is 0 Å². The highest BCUT2D eigenvalue weighted by Crippen LogP contribution is 2.26. The molecule has 1 fully saturated rings. The predicted molar refractivity (Wildman–Crippen MR) is 41.2 cm³/mol. The Labute approximate surface area is 71.5 Å². The van der Waals surface area contributed by atoms with Crippen molar-refractivity contribution in [3.05, 3.63) is 0 Å². The van der Waals surface area contributed by atoms with Crippen molar-refractivity contribution in [3.8, 4) is 0 Å². The van der Waals surface area contributed by atoms with Crippen LogP contribution >= 0.6 is 0 Å². The van der Waals surface area contributed by atoms with Crippen molar-refractivity contribution in [2.45, 2.75) is 26.2 Å². The molecule has 1 N–H and O–H groups in total. The molecule has 1 heterocycles. The molecule has 4 atom stereocenters. The molecule has 1 saturated heterocycles. The molecule has 4 nitrogen and oxygen atoms in total. The molecule has 0 bridgehead atoms. The molecule has 0 amide bonds. The van der Waals surface area contributed by atoms with Crippen LogP contribution in [0.5, 0.6) is 0 Å². The Morgan fingerprint density at radius 1 is 1.50 bits per heavy atom. The lowest BCUT2D eigenvalue weighted by Crippen LogP contribution is -2.47. The highest BCUT2D eigenvalue weighted by molar-refractivity contribution is 5.73. The lowest BCUT2D eigenvalue weighted by molar-refractivity contribution is -0.220. The molecule has 12 heavy (non-hydrogen) atoms. The van der Waals surface area contributed by atoms with Crippen LogP contribution in [0, 0.1) is 11.8 Å². The minimum atomic E-state index is -0.670. The van der Waals surface area contributed by atoms with Crippen LogP contribution < -0.4 is 0 Å². The van der Waals surface area contributed by atoms with Crippen molar-refractivity contribution in [1.29, 1.82) is 0 Å². The average molecular weight is 174 g/mol. The predicted octanol–water partition coefficient (Wildman–Crippen LogP) is 0.149. The molecule has 1 rings (SSSR count). The minimum Gasteiger partial charge on any atom is -0.435 e. The number of hydrogen-bond acceptors (Lipinski definition) is 4. The molecule has 1 unspecified atom stereocenters. The molecule has 0 aromatic rings. The van der Waals surface area contributed by atoms with Gasteiger partial charge in [-0.1, -0.05) is 6.92 Å². The van der Waals surface area contributed by atoms with Crippen LogP contribution in [0.25, 0.3) is 0 Å². The van der Waals surface area contributed by atoms with E-state index in [9.17, 15) is 9.90 Å². The summed E-state index contributed by atoms with van der Waals surface area (Å²) < 4.78 is 9.80. The molecule has 1 aliphatic rings. The molecule has 70 valence electrons. The van der Waals surface area contributed by atoms with Crippen LogP contribution in [-0.2, 0) is 14.3 Å². The molecule has 1 aliphatic heterocycles. The Morgan fingerprint density at radius 2 is 2.08 bits per heavy atom. The Balaban J connectivity index is 2.70. The number of cyclic esters (lactones) is 1. The second-order valence-corrected chi connectivity index (χ2v) is 3.18. The number of aliphatic hydroxyl groups is 1. The maximum absolute atomic E-state index is 11.1. The Kier molecular flexibility index (Phi) is 2.69. The smallest absolute Gasteiger partial charge is 0.313 e. The molecule has 4 heteroatoms. The van der Waals surface area contributed by atoms with E-state index < -0.39 is 24.3 Å². The number of methoxy groups -OCH3 is 1. The summed E-state index contributed by atoms with van der Waals surface area (Å²) in [6, 6.07) is 0. The van der Waals surface area contributed by atoms with E-state index in [1.165, 1.54) is 7.11 Å². The molecule has 0 saturated carbocycles. The van der Waals surface area contributed by atoms with Gasteiger partial charge < -0.3 is 14.6 Å². The zero-order valence-corrected chi connectivity index (χ0v) is 7.48. The maximum atomic E-state index is 11.1. The van der Waals surface area contributed by atoms with Gasteiger partial charge in [-0.05, 0) is 6.92 Å². The number of rotatable bonds is 1. The van der Waals surface area contributed by atoms with E-state index >= 15 is 0 Å². The van der Waals surface area contributed by atoms with E-state index in [-0.39, 0.29) is 5.92 Å². The number of esters is 1. The van der Waals surface area contributed by atoms with Gasteiger partial charge in [-0.25, -0.2) is 0 Å². The van der Waals surface area contributed by atoms with Crippen molar-refractivity contribution in [2.75, 3.05) is 7.11 Å². The first-order chi connectivity index (χ1) is 5.57. The van der Waals surface area contributed by atoms with Gasteiger partial charge in [0.2, 0.25) is 6.29 Å². The monoisotopic (exact) mass is 174 g/mol. The fourth-order valence-corrected chi connectivity index (χ4v) is 1.35. The highest BCUT2D eigenvalue weighted by atomic mass is 16.7. The van der Waals surface area contributed by atoms with Gasteiger partial charge in [0.1, 0.15) is 0 Å². The third-order valence-electron chi connectivity index (χ3n) is 2.32. The third-order valence-corrected chi connectivity index (χ3v) is 2.32. The zero-order valence-electron chi connectivity index (χ0n) is 7.48. The minimum absolute atomic E-state index is 0.164. The quantitative estimate of drug-likeness (QED) is 0.575. The van der Waals surface area contributed by atoms with Gasteiger partial charge in [-0.2, -0.15) is 0 Å². The number of carbonyl (C=O) groups excluding carboxylic acids is 1. The van der Waals surface area contributed by atoms with Crippen molar-refractivity contribution < 1.29 is 19.4 Å². The first kappa shape index (κ1) is 9.48. The molecule has 0 aromatic carbocycles. The fraction of sp³-hybridized carbons (Fsp3) is 0.875. The standard InChI is InChI=1S/C8H14O4/c1-4-6(9)5(2)8(11-3)12-7(4)10/h4-6,8-9H,1-3H3/t4-,5-,6-,8?/m1/s1. The fourth-order valence-electron chi connectivity index (χ4n) is 1.35. The molecule has 0 spiro atoms. The van der Waals surface area contributed by atoms with E-state index in [0.717, 1.165) is 0 Å². The summed E-state index contributed by atoms with van der Waals surface area (Å²) in [5.41, 5.74) is 0. The lowest BCUT2D eigenvalue weighted by Gasteiger charge is -2.34. The van der Waals surface area contributed by atoms with Gasteiger partial charge in [-0.3, -0.25) is 4.79 Å². The summed E-state index contributed by atoms with van der Waals surface area (Å²) in [7, 11) is 1.46. The van der Waals surface area contributed by atoms with E-state index in [0.29, 0.717) is 0 Å². The SMILES string of the molecule is COC1OC(=O)[C@H](C)[C@@H](O)[C@H]1C. The van der Waals surface area contributed by atoms with Gasteiger partial charge in [-0.15, -0.1) is 0 Å². The summed E-state index contributed by atoms with van der Waals surface area (Å²) in [6.45, 7) is 3.44. The van der Waals surface area contributed by atoms with Gasteiger partial charge in [0.05, 0.1) is 12.0 Å². The Morgan fingerprint density at radius 3 is 2.58 bits per heavy atom. The second-order valence-electron chi connectivity index (χ2n) is 3.18. The molecule has 0 aromatic heterocycles. The van der Waals surface area contributed by atoms with Gasteiger partial charge in [0.25, 0.3) is 0 Å². The van der Waals surface area contributed by atoms with Crippen LogP contribution in [0.15, 0.2) is 0 Å². The first-order valence-electron chi connectivity index (χ1n) is 3.99. The van der Waals surface area contributed by atoms with E-state index in [4.69, 9.17) is 9.47 Å². The van der Waals surface area contributed by atoms with Crippen LogP contribution in [-0.4, -0.2) is 30.6 Å². The topological polar surface area (TPSA) is 55.8 Å². The van der Waals surface area contributed by atoms with Gasteiger partial charge >= 0.3 is 5.97 Å². The Hall–Kier alpha value is -0.610. The zero-order chi connectivity index (χ0) is 9.30. The average Bonchev–Trinajstić information content (AvgIpc) is 2.08. The van der Waals surface area contributed by atoms with Crippen molar-refractivity contribution >= 4 is 5.97 Å². The summed E-state index contributed by atoms with van der Waals surface area (Å²) >= 11 is 0. The number of aliphatic hydroxyl groups excluding tert-OH is 1. The lowest BCUT2D eigenvalue weighted by atomic mass is 9.90. The summed E-state index contributed by atoms with van der Waals surface area (Å²) in [5.74, 6) is -1.01. The van der Waals surface area contributed by atoms with Crippen molar-refractivity contribution in [3.63, 3.8) is 0 Å². The first-order valence-corrected chi connectivity index (χ1v) is 3.99. The summed E-state index contributed by atoms with van der Waals surface area (Å²) in [4.78, 5) is 11.1. The summed E-state index contributed by atoms with van der Waals surface area (Å²) in [5, 5.41) is 9.54. The molecular weight excluding hydrogens is 160 g/mol. The second kappa shape index (κ2) is 3.41. The molecule has 0 radical (unpaired) electrons. The van der Waals surface area contributed by atoms with E-state index in [2.05, 4.69) is 0 Å². The number of ether oxygens (including phenoxy) is 2. The number of carbonyl (C=O) groups is 1. The van der Waals surface area contributed by atoms with Crippen molar-refractivity contribution in [1.82, 2.24) is 0 Å². The normalized spacial score (nSPS) is 42.5. The van der Waals surface area contributed by atoms with Crippen LogP contribution in [0.1, 0.15) is 13.8 Å². The van der Waals surface area contributed by atoms with Crippen molar-refractivity contribution in [2.24, 2.45) is 11.8 Å². The van der Waals surface area contributed by atoms with Gasteiger partial charge in [0, 0.05) is 13.0 Å². The van der Waals surface area contributed by atoms with Crippen LogP contribution in [0.2, 0.25) is 0 Å². The van der Waals surface area contributed by atoms with E-state index in [1.807, 2.05) is 0 Å². The van der Waals surface area contributed by atoms with Crippen LogP contribution in [0.4, 0.5) is 0 Å². The number of hydrogen-bond donors (Lipinski definition) is 1. The molecular formula is C8H14O4. The third kappa shape index (κ3) is 1.44. The Bertz CT molecular complexity index is 178. The molecule has 0 aliphatic carbocycles. The summed E-state index contributed by atoms with van der Waals surface area (Å²) in [6.07, 6.45) is -1.28. The van der Waals surface area contributed by atoms with E-state index in [1.54, 1.807) is 13.8 Å². The maximum Gasteiger partial charge on any atom is 0.313 e. The van der Waals surface area contributed by atoms with Crippen LogP contribution in [0.3, 0.4) is 0 Å². The highest BCUT2D eigenvalue weighted by Gasteiger charge is 2.40.